The zero-order chi connectivity index (χ0) is 17.9. The van der Waals surface area contributed by atoms with Crippen LogP contribution in [0.2, 0.25) is 0 Å². The minimum Gasteiger partial charge on any atom is -0.385 e. The summed E-state index contributed by atoms with van der Waals surface area (Å²) in [5.74, 6) is 1.10. The predicted molar refractivity (Wildman–Crippen MR) is 109 cm³/mol. The number of rotatable bonds is 6. The van der Waals surface area contributed by atoms with E-state index in [0.29, 0.717) is 6.54 Å². The van der Waals surface area contributed by atoms with E-state index in [-0.39, 0.29) is 0 Å². The van der Waals surface area contributed by atoms with Crippen LogP contribution in [0.1, 0.15) is 24.2 Å². The van der Waals surface area contributed by atoms with Crippen molar-refractivity contribution < 1.29 is 0 Å². The summed E-state index contributed by atoms with van der Waals surface area (Å²) in [5.41, 5.74) is 12.0. The van der Waals surface area contributed by atoms with Crippen molar-refractivity contribution in [1.29, 1.82) is 0 Å². The summed E-state index contributed by atoms with van der Waals surface area (Å²) >= 11 is 0. The number of nitrogens with zero attached hydrogens (tertiary/aromatic N) is 3. The lowest BCUT2D eigenvalue weighted by Gasteiger charge is -2.27. The molecule has 136 valence electrons. The van der Waals surface area contributed by atoms with Gasteiger partial charge in [-0.3, -0.25) is 0 Å². The second-order valence-electron chi connectivity index (χ2n) is 7.00. The first-order valence-corrected chi connectivity index (χ1v) is 9.49. The van der Waals surface area contributed by atoms with E-state index in [4.69, 9.17) is 10.7 Å². The summed E-state index contributed by atoms with van der Waals surface area (Å²) in [4.78, 5) is 7.23. The predicted octanol–water partition coefficient (Wildman–Crippen LogP) is 3.38. The molecule has 2 aromatic carbocycles. The molecule has 0 aliphatic carbocycles. The molecule has 3 aromatic rings. The first kappa shape index (κ1) is 16.9. The van der Waals surface area contributed by atoms with Crippen LogP contribution in [-0.2, 0) is 19.5 Å². The molecule has 0 saturated heterocycles. The molecule has 0 saturated carbocycles. The standard InChI is InChI=1S/C21H27N5/c1-25(19-11-4-9-17-16(19)7-5-13-23-17)15-21-24-18-8-2-3-10-20(18)26(21)14-6-12-22/h2-4,8-11,23H,5-7,12-15,22H2,1H3. The average Bonchev–Trinajstić information content (AvgIpc) is 3.02. The first-order valence-electron chi connectivity index (χ1n) is 9.49. The number of aromatic nitrogens is 2. The third-order valence-corrected chi connectivity index (χ3v) is 5.18. The number of imidazole rings is 1. The van der Waals surface area contributed by atoms with Crippen molar-refractivity contribution >= 4 is 22.4 Å². The fraction of sp³-hybridized carbons (Fsp3) is 0.381. The van der Waals surface area contributed by atoms with Crippen LogP contribution in [0.15, 0.2) is 42.5 Å². The Bertz CT molecular complexity index is 899. The van der Waals surface area contributed by atoms with Crippen LogP contribution < -0.4 is 16.0 Å². The molecular formula is C21H27N5. The third-order valence-electron chi connectivity index (χ3n) is 5.18. The van der Waals surface area contributed by atoms with E-state index in [1.165, 1.54) is 28.9 Å². The van der Waals surface area contributed by atoms with E-state index in [1.54, 1.807) is 0 Å². The molecule has 0 fully saturated rings. The largest absolute Gasteiger partial charge is 0.385 e. The highest BCUT2D eigenvalue weighted by atomic mass is 15.2. The van der Waals surface area contributed by atoms with E-state index in [0.717, 1.165) is 43.8 Å². The van der Waals surface area contributed by atoms with Gasteiger partial charge in [-0.15, -0.1) is 0 Å². The van der Waals surface area contributed by atoms with Crippen LogP contribution in [-0.4, -0.2) is 29.7 Å². The number of aryl methyl sites for hydroxylation is 1. The molecule has 0 spiro atoms. The van der Waals surface area contributed by atoms with Crippen LogP contribution >= 0.6 is 0 Å². The monoisotopic (exact) mass is 349 g/mol. The summed E-state index contributed by atoms with van der Waals surface area (Å²) in [6, 6.07) is 14.9. The number of nitrogens with two attached hydrogens (primary N) is 1. The molecule has 1 aromatic heterocycles. The zero-order valence-electron chi connectivity index (χ0n) is 15.4. The Morgan fingerprint density at radius 3 is 2.96 bits per heavy atom. The third kappa shape index (κ3) is 3.15. The van der Waals surface area contributed by atoms with Crippen molar-refractivity contribution in [3.8, 4) is 0 Å². The summed E-state index contributed by atoms with van der Waals surface area (Å²) in [6.45, 7) is 3.46. The smallest absolute Gasteiger partial charge is 0.129 e. The summed E-state index contributed by atoms with van der Waals surface area (Å²) in [7, 11) is 2.16. The molecule has 0 atom stereocenters. The molecule has 5 nitrogen and oxygen atoms in total. The molecular weight excluding hydrogens is 322 g/mol. The molecule has 4 rings (SSSR count). The number of fused-ring (bicyclic) bond motifs is 2. The highest BCUT2D eigenvalue weighted by Crippen LogP contribution is 2.32. The lowest BCUT2D eigenvalue weighted by Crippen LogP contribution is -2.23. The highest BCUT2D eigenvalue weighted by Gasteiger charge is 2.17. The van der Waals surface area contributed by atoms with Gasteiger partial charge in [0, 0.05) is 31.5 Å². The number of hydrogen-bond donors (Lipinski definition) is 2. The quantitative estimate of drug-likeness (QED) is 0.716. The SMILES string of the molecule is CN(Cc1nc2ccccc2n1CCCN)c1cccc2c1CCCN2. The van der Waals surface area contributed by atoms with Gasteiger partial charge in [0.25, 0.3) is 0 Å². The van der Waals surface area contributed by atoms with Crippen molar-refractivity contribution in [1.82, 2.24) is 9.55 Å². The summed E-state index contributed by atoms with van der Waals surface area (Å²) in [5, 5.41) is 3.52. The van der Waals surface area contributed by atoms with Gasteiger partial charge in [-0.05, 0) is 55.6 Å². The molecule has 3 N–H and O–H groups in total. The van der Waals surface area contributed by atoms with Gasteiger partial charge in [-0.1, -0.05) is 18.2 Å². The Balaban J connectivity index is 1.67. The van der Waals surface area contributed by atoms with Crippen molar-refractivity contribution in [2.24, 2.45) is 5.73 Å². The highest BCUT2D eigenvalue weighted by molar-refractivity contribution is 5.76. The van der Waals surface area contributed by atoms with Crippen LogP contribution in [0.25, 0.3) is 11.0 Å². The lowest BCUT2D eigenvalue weighted by molar-refractivity contribution is 0.626. The first-order chi connectivity index (χ1) is 12.8. The number of anilines is 2. The number of para-hydroxylation sites is 2. The molecule has 1 aliphatic heterocycles. The van der Waals surface area contributed by atoms with Crippen LogP contribution in [0.3, 0.4) is 0 Å². The molecule has 1 aliphatic rings. The number of nitrogens with one attached hydrogen (secondary N) is 1. The van der Waals surface area contributed by atoms with Gasteiger partial charge in [-0.25, -0.2) is 4.98 Å². The maximum absolute atomic E-state index is 5.76. The maximum atomic E-state index is 5.76. The van der Waals surface area contributed by atoms with E-state index in [2.05, 4.69) is 64.3 Å². The molecule has 0 amide bonds. The van der Waals surface area contributed by atoms with Gasteiger partial charge < -0.3 is 20.5 Å². The van der Waals surface area contributed by atoms with Crippen LogP contribution in [0.5, 0.6) is 0 Å². The molecule has 0 unspecified atom stereocenters. The Labute approximate surface area is 154 Å². The van der Waals surface area contributed by atoms with Gasteiger partial charge in [-0.2, -0.15) is 0 Å². The van der Waals surface area contributed by atoms with E-state index in [1.807, 2.05) is 0 Å². The Kier molecular flexibility index (Phi) is 4.80. The number of benzene rings is 2. The van der Waals surface area contributed by atoms with Crippen molar-refractivity contribution in [2.75, 3.05) is 30.4 Å². The topological polar surface area (TPSA) is 59.1 Å². The molecule has 0 radical (unpaired) electrons. The lowest BCUT2D eigenvalue weighted by atomic mass is 10.0. The van der Waals surface area contributed by atoms with Crippen LogP contribution in [0.4, 0.5) is 11.4 Å². The Hall–Kier alpha value is -2.53. The van der Waals surface area contributed by atoms with Crippen LogP contribution in [0, 0.1) is 0 Å². The van der Waals surface area contributed by atoms with Gasteiger partial charge in [0.15, 0.2) is 0 Å². The van der Waals surface area contributed by atoms with Gasteiger partial charge in [0.2, 0.25) is 0 Å². The van der Waals surface area contributed by atoms with Gasteiger partial charge >= 0.3 is 0 Å². The van der Waals surface area contributed by atoms with Gasteiger partial charge in [0.1, 0.15) is 5.82 Å². The minimum atomic E-state index is 0.694. The average molecular weight is 349 g/mol. The second-order valence-corrected chi connectivity index (χ2v) is 7.00. The normalized spacial score (nSPS) is 13.5. The zero-order valence-corrected chi connectivity index (χ0v) is 15.4. The minimum absolute atomic E-state index is 0.694. The van der Waals surface area contributed by atoms with Gasteiger partial charge in [0.05, 0.1) is 17.6 Å². The Morgan fingerprint density at radius 1 is 1.19 bits per heavy atom. The molecule has 26 heavy (non-hydrogen) atoms. The second kappa shape index (κ2) is 7.38. The summed E-state index contributed by atoms with van der Waals surface area (Å²) < 4.78 is 2.33. The number of hydrogen-bond acceptors (Lipinski definition) is 4. The van der Waals surface area contributed by atoms with Crippen molar-refractivity contribution in [2.45, 2.75) is 32.4 Å². The maximum Gasteiger partial charge on any atom is 0.129 e. The van der Waals surface area contributed by atoms with E-state index in [9.17, 15) is 0 Å². The fourth-order valence-electron chi connectivity index (χ4n) is 3.89. The van der Waals surface area contributed by atoms with Crippen molar-refractivity contribution in [3.63, 3.8) is 0 Å². The van der Waals surface area contributed by atoms with E-state index >= 15 is 0 Å². The summed E-state index contributed by atoms with van der Waals surface area (Å²) in [6.07, 6.45) is 3.28. The molecule has 2 heterocycles. The van der Waals surface area contributed by atoms with E-state index < -0.39 is 0 Å². The molecule has 5 heteroatoms. The Morgan fingerprint density at radius 2 is 2.08 bits per heavy atom. The fourth-order valence-corrected chi connectivity index (χ4v) is 3.89. The van der Waals surface area contributed by atoms with Crippen molar-refractivity contribution in [3.05, 3.63) is 53.9 Å². The molecule has 0 bridgehead atoms.